The number of aliphatic hydroxyl groups excluding tert-OH is 1. The van der Waals surface area contributed by atoms with Gasteiger partial charge in [0.2, 0.25) is 0 Å². The molecule has 0 amide bonds. The molecule has 0 radical (unpaired) electrons. The molecule has 0 bridgehead atoms. The number of aliphatic hydroxyl groups is 1. The van der Waals surface area contributed by atoms with E-state index in [9.17, 15) is 5.11 Å². The third-order valence-corrected chi connectivity index (χ3v) is 3.89. The number of nitrogens with one attached hydrogen (secondary N) is 1. The lowest BCUT2D eigenvalue weighted by atomic mass is 10.1. The molecule has 1 aliphatic rings. The Labute approximate surface area is 119 Å². The fraction of sp³-hybridized carbons (Fsp3) is 0.294. The predicted molar refractivity (Wildman–Crippen MR) is 78.7 cm³/mol. The summed E-state index contributed by atoms with van der Waals surface area (Å²) in [6.07, 6.45) is 0.391. The van der Waals surface area contributed by atoms with Crippen LogP contribution in [0.25, 0.3) is 0 Å². The molecule has 0 aliphatic heterocycles. The van der Waals surface area contributed by atoms with Gasteiger partial charge in [-0.25, -0.2) is 0 Å². The lowest BCUT2D eigenvalue weighted by molar-refractivity contribution is 0.140. The molecule has 0 heterocycles. The maximum Gasteiger partial charge on any atom is 0.118 e. The normalized spacial score (nSPS) is 20.7. The zero-order valence-corrected chi connectivity index (χ0v) is 11.5. The highest BCUT2D eigenvalue weighted by atomic mass is 16.5. The summed E-state index contributed by atoms with van der Waals surface area (Å²) in [5.74, 6) is 0.861. The summed E-state index contributed by atoms with van der Waals surface area (Å²) in [6.45, 7) is 0.736. The molecule has 2 aromatic rings. The lowest BCUT2D eigenvalue weighted by Gasteiger charge is -2.18. The Balaban J connectivity index is 1.69. The minimum Gasteiger partial charge on any atom is -0.497 e. The number of hydrogen-bond acceptors (Lipinski definition) is 3. The first-order valence-electron chi connectivity index (χ1n) is 6.90. The number of hydrogen-bond donors (Lipinski definition) is 2. The molecule has 1 aliphatic carbocycles. The van der Waals surface area contributed by atoms with Crippen molar-refractivity contribution in [2.24, 2.45) is 0 Å². The van der Waals surface area contributed by atoms with E-state index in [-0.39, 0.29) is 12.1 Å². The highest BCUT2D eigenvalue weighted by molar-refractivity contribution is 5.36. The van der Waals surface area contributed by atoms with E-state index in [4.69, 9.17) is 4.74 Å². The van der Waals surface area contributed by atoms with Crippen molar-refractivity contribution >= 4 is 0 Å². The van der Waals surface area contributed by atoms with Crippen molar-refractivity contribution in [3.8, 4) is 5.75 Å². The molecule has 0 unspecified atom stereocenters. The summed E-state index contributed by atoms with van der Waals surface area (Å²) in [6, 6.07) is 16.2. The molecule has 0 saturated heterocycles. The maximum atomic E-state index is 10.2. The van der Waals surface area contributed by atoms with E-state index in [0.717, 1.165) is 18.7 Å². The zero-order chi connectivity index (χ0) is 13.9. The van der Waals surface area contributed by atoms with Gasteiger partial charge in [-0.1, -0.05) is 36.4 Å². The molecule has 0 aromatic heterocycles. The van der Waals surface area contributed by atoms with Gasteiger partial charge >= 0.3 is 0 Å². The number of benzene rings is 2. The van der Waals surface area contributed by atoms with Gasteiger partial charge < -0.3 is 15.2 Å². The van der Waals surface area contributed by atoms with E-state index in [0.29, 0.717) is 0 Å². The van der Waals surface area contributed by atoms with Crippen LogP contribution < -0.4 is 10.1 Å². The number of ether oxygens (including phenoxy) is 1. The summed E-state index contributed by atoms with van der Waals surface area (Å²) in [5.41, 5.74) is 3.64. The second-order valence-corrected chi connectivity index (χ2v) is 5.18. The molecule has 0 spiro atoms. The molecule has 2 N–H and O–H groups in total. The summed E-state index contributed by atoms with van der Waals surface area (Å²) >= 11 is 0. The van der Waals surface area contributed by atoms with E-state index in [2.05, 4.69) is 17.4 Å². The Hall–Kier alpha value is -1.84. The van der Waals surface area contributed by atoms with Gasteiger partial charge in [-0.3, -0.25) is 0 Å². The van der Waals surface area contributed by atoms with E-state index in [1.165, 1.54) is 16.7 Å². The largest absolute Gasteiger partial charge is 0.497 e. The average Bonchev–Trinajstić information content (AvgIpc) is 2.81. The average molecular weight is 269 g/mol. The van der Waals surface area contributed by atoms with Crippen LogP contribution in [0.2, 0.25) is 0 Å². The number of rotatable bonds is 4. The van der Waals surface area contributed by atoms with Crippen molar-refractivity contribution in [3.05, 3.63) is 65.2 Å². The Bertz CT molecular complexity index is 580. The van der Waals surface area contributed by atoms with Crippen molar-refractivity contribution in [3.63, 3.8) is 0 Å². The molecule has 3 heteroatoms. The monoisotopic (exact) mass is 269 g/mol. The minimum atomic E-state index is -0.342. The lowest BCUT2D eigenvalue weighted by Crippen LogP contribution is -2.28. The summed E-state index contributed by atoms with van der Waals surface area (Å²) < 4.78 is 5.15. The molecule has 3 rings (SSSR count). The molecule has 20 heavy (non-hydrogen) atoms. The summed E-state index contributed by atoms with van der Waals surface area (Å²) in [4.78, 5) is 0. The van der Waals surface area contributed by atoms with Crippen molar-refractivity contribution < 1.29 is 9.84 Å². The molecule has 104 valence electrons. The standard InChI is InChI=1S/C17H19NO2/c1-20-14-8-6-12(7-9-14)11-18-17-15-5-3-2-4-13(15)10-16(17)19/h2-9,16-19H,10-11H2,1H3/t16-,17+/m1/s1. The summed E-state index contributed by atoms with van der Waals surface area (Å²) in [7, 11) is 1.67. The minimum absolute atomic E-state index is 0.0216. The quantitative estimate of drug-likeness (QED) is 0.896. The van der Waals surface area contributed by atoms with E-state index in [1.807, 2.05) is 36.4 Å². The third-order valence-electron chi connectivity index (χ3n) is 3.89. The van der Waals surface area contributed by atoms with Crippen molar-refractivity contribution in [2.75, 3.05) is 7.11 Å². The highest BCUT2D eigenvalue weighted by Gasteiger charge is 2.29. The molecule has 0 saturated carbocycles. The first kappa shape index (κ1) is 13.2. The highest BCUT2D eigenvalue weighted by Crippen LogP contribution is 2.31. The Morgan fingerprint density at radius 3 is 2.65 bits per heavy atom. The Morgan fingerprint density at radius 1 is 1.15 bits per heavy atom. The number of methoxy groups -OCH3 is 1. The van der Waals surface area contributed by atoms with Gasteiger partial charge in [0.25, 0.3) is 0 Å². The first-order chi connectivity index (χ1) is 9.78. The van der Waals surface area contributed by atoms with Gasteiger partial charge in [-0.05, 0) is 28.8 Å². The van der Waals surface area contributed by atoms with Crippen LogP contribution in [-0.2, 0) is 13.0 Å². The molecular formula is C17H19NO2. The van der Waals surface area contributed by atoms with Gasteiger partial charge in [0, 0.05) is 13.0 Å². The Morgan fingerprint density at radius 2 is 1.90 bits per heavy atom. The molecular weight excluding hydrogens is 250 g/mol. The van der Waals surface area contributed by atoms with Gasteiger partial charge in [-0.15, -0.1) is 0 Å². The van der Waals surface area contributed by atoms with Crippen LogP contribution in [0.5, 0.6) is 5.75 Å². The van der Waals surface area contributed by atoms with Crippen LogP contribution in [0.4, 0.5) is 0 Å². The van der Waals surface area contributed by atoms with Crippen molar-refractivity contribution in [1.29, 1.82) is 0 Å². The van der Waals surface area contributed by atoms with E-state index < -0.39 is 0 Å². The van der Waals surface area contributed by atoms with Gasteiger partial charge in [0.1, 0.15) is 5.75 Å². The third kappa shape index (κ3) is 2.55. The van der Waals surface area contributed by atoms with Gasteiger partial charge in [0.05, 0.1) is 19.3 Å². The second-order valence-electron chi connectivity index (χ2n) is 5.18. The van der Waals surface area contributed by atoms with Crippen molar-refractivity contribution in [2.45, 2.75) is 25.1 Å². The van der Waals surface area contributed by atoms with Crippen LogP contribution in [0.3, 0.4) is 0 Å². The van der Waals surface area contributed by atoms with Crippen LogP contribution in [0.1, 0.15) is 22.7 Å². The van der Waals surface area contributed by atoms with E-state index in [1.54, 1.807) is 7.11 Å². The summed E-state index contributed by atoms with van der Waals surface area (Å²) in [5, 5.41) is 13.6. The van der Waals surface area contributed by atoms with Gasteiger partial charge in [-0.2, -0.15) is 0 Å². The Kier molecular flexibility index (Phi) is 3.72. The van der Waals surface area contributed by atoms with Crippen LogP contribution in [-0.4, -0.2) is 18.3 Å². The smallest absolute Gasteiger partial charge is 0.118 e. The van der Waals surface area contributed by atoms with Crippen LogP contribution in [0.15, 0.2) is 48.5 Å². The second kappa shape index (κ2) is 5.65. The van der Waals surface area contributed by atoms with Crippen molar-refractivity contribution in [1.82, 2.24) is 5.32 Å². The molecule has 0 fully saturated rings. The van der Waals surface area contributed by atoms with Crippen LogP contribution in [0, 0.1) is 0 Å². The zero-order valence-electron chi connectivity index (χ0n) is 11.5. The van der Waals surface area contributed by atoms with E-state index >= 15 is 0 Å². The fourth-order valence-electron chi connectivity index (χ4n) is 2.79. The topological polar surface area (TPSA) is 41.5 Å². The fourth-order valence-corrected chi connectivity index (χ4v) is 2.79. The maximum absolute atomic E-state index is 10.2. The SMILES string of the molecule is COc1ccc(CN[C@H]2c3ccccc3C[C@H]2O)cc1. The number of fused-ring (bicyclic) bond motifs is 1. The van der Waals surface area contributed by atoms with Gasteiger partial charge in [0.15, 0.2) is 0 Å². The predicted octanol–water partition coefficient (Wildman–Crippen LogP) is 2.44. The first-order valence-corrected chi connectivity index (χ1v) is 6.90. The molecule has 3 nitrogen and oxygen atoms in total. The molecule has 2 atom stereocenters. The molecule has 2 aromatic carbocycles. The van der Waals surface area contributed by atoms with Crippen LogP contribution >= 0.6 is 0 Å².